The summed E-state index contributed by atoms with van der Waals surface area (Å²) in [6.07, 6.45) is 0. The maximum absolute atomic E-state index is 13.1. The SMILES string of the molecule is Cc1cc(NC(=O)c2ccc(F)cc2Cl)sc1C(=O)Nc1ccc(Br)cc1. The van der Waals surface area contributed by atoms with E-state index in [0.29, 0.717) is 15.6 Å². The Morgan fingerprint density at radius 1 is 1.04 bits per heavy atom. The summed E-state index contributed by atoms with van der Waals surface area (Å²) >= 11 is 10.4. The number of hydrogen-bond acceptors (Lipinski definition) is 3. The number of rotatable bonds is 4. The fraction of sp³-hybridized carbons (Fsp3) is 0.0526. The maximum atomic E-state index is 13.1. The zero-order chi connectivity index (χ0) is 19.6. The topological polar surface area (TPSA) is 58.2 Å². The highest BCUT2D eigenvalue weighted by atomic mass is 79.9. The van der Waals surface area contributed by atoms with E-state index in [0.717, 1.165) is 33.5 Å². The van der Waals surface area contributed by atoms with Crippen LogP contribution in [0, 0.1) is 12.7 Å². The molecule has 0 radical (unpaired) electrons. The molecule has 1 aromatic heterocycles. The minimum Gasteiger partial charge on any atom is -0.321 e. The number of anilines is 2. The minimum atomic E-state index is -0.518. The van der Waals surface area contributed by atoms with E-state index in [-0.39, 0.29) is 16.5 Å². The van der Waals surface area contributed by atoms with E-state index in [9.17, 15) is 14.0 Å². The third-order valence-electron chi connectivity index (χ3n) is 3.64. The van der Waals surface area contributed by atoms with Crippen LogP contribution in [0.2, 0.25) is 5.02 Å². The molecule has 0 atom stereocenters. The minimum absolute atomic E-state index is 0.0222. The molecule has 0 bridgehead atoms. The van der Waals surface area contributed by atoms with Gasteiger partial charge in [0, 0.05) is 10.2 Å². The predicted molar refractivity (Wildman–Crippen MR) is 111 cm³/mol. The van der Waals surface area contributed by atoms with Gasteiger partial charge in [-0.25, -0.2) is 4.39 Å². The molecule has 0 saturated carbocycles. The van der Waals surface area contributed by atoms with E-state index in [1.54, 1.807) is 25.1 Å². The van der Waals surface area contributed by atoms with Gasteiger partial charge in [-0.15, -0.1) is 11.3 Å². The second-order valence-corrected chi connectivity index (χ2v) is 8.04. The molecule has 3 aromatic rings. The number of nitrogens with one attached hydrogen (secondary N) is 2. The Morgan fingerprint density at radius 2 is 1.74 bits per heavy atom. The Morgan fingerprint density at radius 3 is 2.41 bits per heavy atom. The molecule has 1 heterocycles. The predicted octanol–water partition coefficient (Wildman–Crippen LogP) is 6.12. The summed E-state index contributed by atoms with van der Waals surface area (Å²) in [7, 11) is 0. The van der Waals surface area contributed by atoms with E-state index in [1.807, 2.05) is 12.1 Å². The van der Waals surface area contributed by atoms with Crippen molar-refractivity contribution in [2.45, 2.75) is 6.92 Å². The zero-order valence-electron chi connectivity index (χ0n) is 14.0. The number of thiophene rings is 1. The average Bonchev–Trinajstić information content (AvgIpc) is 2.97. The Labute approximate surface area is 172 Å². The molecule has 0 aliphatic rings. The third-order valence-corrected chi connectivity index (χ3v) is 5.63. The molecule has 2 aromatic carbocycles. The maximum Gasteiger partial charge on any atom is 0.266 e. The normalized spacial score (nSPS) is 10.5. The van der Waals surface area contributed by atoms with Crippen molar-refractivity contribution in [3.63, 3.8) is 0 Å². The molecular formula is C19H13BrClFN2O2S. The van der Waals surface area contributed by atoms with Crippen molar-refractivity contribution in [3.05, 3.63) is 79.8 Å². The lowest BCUT2D eigenvalue weighted by molar-refractivity contribution is 0.102. The molecule has 2 N–H and O–H groups in total. The Kier molecular flexibility index (Phi) is 5.94. The van der Waals surface area contributed by atoms with Crippen molar-refractivity contribution < 1.29 is 14.0 Å². The van der Waals surface area contributed by atoms with Gasteiger partial charge in [0.1, 0.15) is 5.82 Å². The number of carbonyl (C=O) groups is 2. The highest BCUT2D eigenvalue weighted by molar-refractivity contribution is 9.10. The fourth-order valence-electron chi connectivity index (χ4n) is 2.34. The van der Waals surface area contributed by atoms with Gasteiger partial charge in [0.05, 0.1) is 20.5 Å². The monoisotopic (exact) mass is 466 g/mol. The summed E-state index contributed by atoms with van der Waals surface area (Å²) in [6.45, 7) is 1.79. The largest absolute Gasteiger partial charge is 0.321 e. The summed E-state index contributed by atoms with van der Waals surface area (Å²) in [6, 6.07) is 12.5. The molecule has 0 spiro atoms. The molecule has 0 aliphatic carbocycles. The molecule has 3 rings (SSSR count). The molecule has 0 fully saturated rings. The summed E-state index contributed by atoms with van der Waals surface area (Å²) < 4.78 is 14.0. The van der Waals surface area contributed by atoms with Gasteiger partial charge in [-0.2, -0.15) is 0 Å². The second kappa shape index (κ2) is 8.21. The molecule has 8 heteroatoms. The van der Waals surface area contributed by atoms with Gasteiger partial charge in [-0.3, -0.25) is 9.59 Å². The van der Waals surface area contributed by atoms with Crippen LogP contribution in [0.3, 0.4) is 0 Å². The first kappa shape index (κ1) is 19.5. The van der Waals surface area contributed by atoms with Gasteiger partial charge in [0.2, 0.25) is 0 Å². The lowest BCUT2D eigenvalue weighted by atomic mass is 10.2. The number of carbonyl (C=O) groups excluding carboxylic acids is 2. The first-order chi connectivity index (χ1) is 12.8. The quantitative estimate of drug-likeness (QED) is 0.486. The van der Waals surface area contributed by atoms with Crippen LogP contribution in [-0.4, -0.2) is 11.8 Å². The lowest BCUT2D eigenvalue weighted by Gasteiger charge is -2.05. The fourth-order valence-corrected chi connectivity index (χ4v) is 3.82. The van der Waals surface area contributed by atoms with E-state index in [2.05, 4.69) is 26.6 Å². The standard InChI is InChI=1S/C19H13BrClFN2O2S/c1-10-8-16(24-18(25)14-7-4-12(22)9-15(14)21)27-17(10)19(26)23-13-5-2-11(20)3-6-13/h2-9H,1H3,(H,23,26)(H,24,25). The number of hydrogen-bond donors (Lipinski definition) is 2. The smallest absolute Gasteiger partial charge is 0.266 e. The number of benzene rings is 2. The molecule has 138 valence electrons. The van der Waals surface area contributed by atoms with Crippen LogP contribution in [0.25, 0.3) is 0 Å². The highest BCUT2D eigenvalue weighted by Gasteiger charge is 2.17. The summed E-state index contributed by atoms with van der Waals surface area (Å²) in [4.78, 5) is 25.3. The second-order valence-electron chi connectivity index (χ2n) is 5.66. The summed E-state index contributed by atoms with van der Waals surface area (Å²) in [5.74, 6) is -1.25. The van der Waals surface area contributed by atoms with Crippen molar-refractivity contribution in [3.8, 4) is 0 Å². The molecule has 0 aliphatic heterocycles. The van der Waals surface area contributed by atoms with Crippen LogP contribution in [0.15, 0.2) is 53.0 Å². The van der Waals surface area contributed by atoms with Crippen molar-refractivity contribution in [2.24, 2.45) is 0 Å². The molecule has 0 saturated heterocycles. The number of aryl methyl sites for hydroxylation is 1. The molecule has 2 amide bonds. The van der Waals surface area contributed by atoms with Crippen molar-refractivity contribution in [1.82, 2.24) is 0 Å². The van der Waals surface area contributed by atoms with Crippen LogP contribution in [0.5, 0.6) is 0 Å². The van der Waals surface area contributed by atoms with Crippen molar-refractivity contribution >= 4 is 61.4 Å². The zero-order valence-corrected chi connectivity index (χ0v) is 17.1. The van der Waals surface area contributed by atoms with Crippen molar-refractivity contribution in [1.29, 1.82) is 0 Å². The summed E-state index contributed by atoms with van der Waals surface area (Å²) in [5, 5.41) is 6.03. The lowest BCUT2D eigenvalue weighted by Crippen LogP contribution is -2.12. The molecule has 0 unspecified atom stereocenters. The van der Waals surface area contributed by atoms with Crippen LogP contribution >= 0.6 is 38.9 Å². The first-order valence-electron chi connectivity index (χ1n) is 7.77. The average molecular weight is 468 g/mol. The van der Waals surface area contributed by atoms with Crippen LogP contribution in [-0.2, 0) is 0 Å². The molecular weight excluding hydrogens is 455 g/mol. The number of amides is 2. The van der Waals surface area contributed by atoms with Gasteiger partial charge >= 0.3 is 0 Å². The van der Waals surface area contributed by atoms with Crippen LogP contribution in [0.1, 0.15) is 25.6 Å². The summed E-state index contributed by atoms with van der Waals surface area (Å²) in [5.41, 5.74) is 1.56. The van der Waals surface area contributed by atoms with E-state index < -0.39 is 11.7 Å². The molecule has 4 nitrogen and oxygen atoms in total. The van der Waals surface area contributed by atoms with Crippen LogP contribution < -0.4 is 10.6 Å². The number of halogens is 3. The van der Waals surface area contributed by atoms with Gasteiger partial charge in [0.25, 0.3) is 11.8 Å². The Hall–Kier alpha value is -2.22. The van der Waals surface area contributed by atoms with Gasteiger partial charge < -0.3 is 10.6 Å². The first-order valence-corrected chi connectivity index (χ1v) is 9.76. The van der Waals surface area contributed by atoms with E-state index >= 15 is 0 Å². The molecule has 27 heavy (non-hydrogen) atoms. The van der Waals surface area contributed by atoms with Gasteiger partial charge in [-0.05, 0) is 61.0 Å². The van der Waals surface area contributed by atoms with Crippen LogP contribution in [0.4, 0.5) is 15.1 Å². The van der Waals surface area contributed by atoms with Crippen molar-refractivity contribution in [2.75, 3.05) is 10.6 Å². The van der Waals surface area contributed by atoms with Gasteiger partial charge in [0.15, 0.2) is 0 Å². The third kappa shape index (κ3) is 4.74. The van der Waals surface area contributed by atoms with E-state index in [4.69, 9.17) is 11.6 Å². The Balaban J connectivity index is 1.74. The van der Waals surface area contributed by atoms with Gasteiger partial charge in [-0.1, -0.05) is 27.5 Å². The Bertz CT molecular complexity index is 1020. The van der Waals surface area contributed by atoms with E-state index in [1.165, 1.54) is 6.07 Å². The highest BCUT2D eigenvalue weighted by Crippen LogP contribution is 2.29.